The van der Waals surface area contributed by atoms with Gasteiger partial charge in [0, 0.05) is 41.2 Å². The first-order valence-corrected chi connectivity index (χ1v) is 12.1. The van der Waals surface area contributed by atoms with Gasteiger partial charge < -0.3 is 15.2 Å². The van der Waals surface area contributed by atoms with Gasteiger partial charge in [0.25, 0.3) is 0 Å². The zero-order valence-electron chi connectivity index (χ0n) is 20.7. The number of piperidine rings is 1. The molecule has 1 aromatic carbocycles. The molecule has 0 bridgehead atoms. The van der Waals surface area contributed by atoms with Crippen LogP contribution in [0.1, 0.15) is 55.1 Å². The van der Waals surface area contributed by atoms with Crippen LogP contribution in [0.15, 0.2) is 48.9 Å². The molecule has 4 aromatic rings. The number of amides is 2. The number of H-pyrrole nitrogens is 1. The lowest BCUT2D eigenvalue weighted by Crippen LogP contribution is -2.35. The van der Waals surface area contributed by atoms with Crippen molar-refractivity contribution in [3.63, 3.8) is 0 Å². The van der Waals surface area contributed by atoms with Gasteiger partial charge in [-0.3, -0.25) is 5.32 Å². The van der Waals surface area contributed by atoms with Crippen LogP contribution in [0, 0.1) is 6.92 Å². The SMILES string of the molecule is Cc1cc(NC(=O)Nc2cccc(C3CCCN(c4ncnc5[nH]ccc45)C3)c2)n(C(C)(C)C)n1.[HH].[HH].[HH]. The molecule has 3 aromatic heterocycles. The summed E-state index contributed by atoms with van der Waals surface area (Å²) >= 11 is 0. The fraction of sp³-hybridized carbons (Fsp3) is 0.385. The van der Waals surface area contributed by atoms with Crippen molar-refractivity contribution >= 4 is 34.4 Å². The molecule has 1 saturated heterocycles. The van der Waals surface area contributed by atoms with Gasteiger partial charge >= 0.3 is 6.03 Å². The van der Waals surface area contributed by atoms with Gasteiger partial charge in [-0.15, -0.1) is 0 Å². The molecule has 2 amide bonds. The van der Waals surface area contributed by atoms with E-state index in [1.54, 1.807) is 6.33 Å². The molecule has 1 fully saturated rings. The van der Waals surface area contributed by atoms with Crippen LogP contribution in [-0.2, 0) is 5.54 Å². The average Bonchev–Trinajstić information content (AvgIpc) is 3.45. The molecule has 9 heteroatoms. The molecule has 3 N–H and O–H groups in total. The first kappa shape index (κ1) is 22.9. The van der Waals surface area contributed by atoms with Crippen molar-refractivity contribution in [2.24, 2.45) is 0 Å². The molecular weight excluding hydrogens is 440 g/mol. The Morgan fingerprint density at radius 3 is 2.86 bits per heavy atom. The van der Waals surface area contributed by atoms with E-state index in [0.29, 0.717) is 11.7 Å². The number of aryl methyl sites for hydroxylation is 1. The van der Waals surface area contributed by atoms with Crippen LogP contribution < -0.4 is 15.5 Å². The van der Waals surface area contributed by atoms with Crippen LogP contribution in [0.2, 0.25) is 0 Å². The topological polar surface area (TPSA) is 104 Å². The third kappa shape index (κ3) is 4.84. The molecule has 5 rings (SSSR count). The van der Waals surface area contributed by atoms with Gasteiger partial charge in [0.05, 0.1) is 16.6 Å². The Bertz CT molecular complexity index is 1360. The third-order valence-electron chi connectivity index (χ3n) is 6.38. The number of nitrogens with one attached hydrogen (secondary N) is 3. The summed E-state index contributed by atoms with van der Waals surface area (Å²) in [5.41, 5.74) is 3.46. The predicted octanol–water partition coefficient (Wildman–Crippen LogP) is 5.98. The summed E-state index contributed by atoms with van der Waals surface area (Å²) in [4.78, 5) is 27.2. The number of hydrogen-bond donors (Lipinski definition) is 3. The maximum Gasteiger partial charge on any atom is 0.324 e. The molecule has 0 radical (unpaired) electrons. The second kappa shape index (κ2) is 9.05. The number of anilines is 3. The van der Waals surface area contributed by atoms with Crippen molar-refractivity contribution in [1.82, 2.24) is 24.7 Å². The van der Waals surface area contributed by atoms with Gasteiger partial charge in [0.15, 0.2) is 0 Å². The zero-order chi connectivity index (χ0) is 24.6. The van der Waals surface area contributed by atoms with Crippen molar-refractivity contribution in [2.75, 3.05) is 28.6 Å². The lowest BCUT2D eigenvalue weighted by Gasteiger charge is -2.34. The van der Waals surface area contributed by atoms with Crippen molar-refractivity contribution in [3.05, 3.63) is 60.2 Å². The minimum Gasteiger partial charge on any atom is -0.355 e. The molecule has 1 unspecified atom stereocenters. The summed E-state index contributed by atoms with van der Waals surface area (Å²) in [5, 5.41) is 11.5. The van der Waals surface area contributed by atoms with Crippen LogP contribution >= 0.6 is 0 Å². The second-order valence-corrected chi connectivity index (χ2v) is 10.2. The Hall–Kier alpha value is -3.88. The first-order valence-electron chi connectivity index (χ1n) is 12.1. The van der Waals surface area contributed by atoms with Gasteiger partial charge in [0.1, 0.15) is 23.6 Å². The Labute approximate surface area is 209 Å². The molecule has 0 spiro atoms. The maximum atomic E-state index is 12.8. The minimum absolute atomic E-state index is 0. The molecule has 1 atom stereocenters. The van der Waals surface area contributed by atoms with E-state index in [4.69, 9.17) is 0 Å². The van der Waals surface area contributed by atoms with E-state index in [2.05, 4.69) is 68.5 Å². The molecule has 1 aliphatic heterocycles. The molecule has 4 heterocycles. The number of hydrogen-bond acceptors (Lipinski definition) is 5. The van der Waals surface area contributed by atoms with Crippen molar-refractivity contribution in [3.8, 4) is 0 Å². The molecule has 1 aliphatic rings. The summed E-state index contributed by atoms with van der Waals surface area (Å²) < 4.78 is 1.84. The highest BCUT2D eigenvalue weighted by Crippen LogP contribution is 2.32. The Balaban J connectivity index is 0.00000169. The fourth-order valence-corrected chi connectivity index (χ4v) is 4.80. The third-order valence-corrected chi connectivity index (χ3v) is 6.38. The molecule has 35 heavy (non-hydrogen) atoms. The number of urea groups is 1. The average molecular weight is 479 g/mol. The van der Waals surface area contributed by atoms with E-state index in [9.17, 15) is 4.79 Å². The van der Waals surface area contributed by atoms with Gasteiger partial charge in [0.2, 0.25) is 0 Å². The zero-order valence-corrected chi connectivity index (χ0v) is 20.7. The number of carbonyl (C=O) groups excluding carboxylic acids is 1. The number of benzene rings is 1. The summed E-state index contributed by atoms with van der Waals surface area (Å²) in [6, 6.07) is 11.8. The second-order valence-electron chi connectivity index (χ2n) is 10.2. The number of nitrogens with zero attached hydrogens (tertiary/aromatic N) is 5. The highest BCUT2D eigenvalue weighted by Gasteiger charge is 2.24. The lowest BCUT2D eigenvalue weighted by atomic mass is 9.90. The van der Waals surface area contributed by atoms with E-state index in [0.717, 1.165) is 54.2 Å². The van der Waals surface area contributed by atoms with Crippen molar-refractivity contribution < 1.29 is 9.07 Å². The number of aromatic nitrogens is 5. The number of aromatic amines is 1. The van der Waals surface area contributed by atoms with E-state index in [-0.39, 0.29) is 15.8 Å². The quantitative estimate of drug-likeness (QED) is 0.334. The normalized spacial score (nSPS) is 16.5. The monoisotopic (exact) mass is 478 g/mol. The van der Waals surface area contributed by atoms with Gasteiger partial charge in [-0.05, 0) is 64.3 Å². The molecule has 0 aliphatic carbocycles. The van der Waals surface area contributed by atoms with Crippen LogP contribution in [0.3, 0.4) is 0 Å². The molecule has 9 nitrogen and oxygen atoms in total. The Morgan fingerprint density at radius 2 is 2.03 bits per heavy atom. The molecule has 0 saturated carbocycles. The standard InChI is InChI=1S/C26H32N8O.3H2/c1-17-13-22(34(32-17)26(2,3)4)31-25(35)30-20-9-5-7-18(14-20)19-8-6-12-33(15-19)24-21-10-11-27-23(21)28-16-29-24;;;/h5,7,9-11,13-14,16,19H,6,8,12,15H2,1-4H3,(H,27,28,29)(H2,30,31,35);3*1H. The van der Waals surface area contributed by atoms with E-state index in [1.165, 1.54) is 5.56 Å². The van der Waals surface area contributed by atoms with E-state index >= 15 is 0 Å². The fourth-order valence-electron chi connectivity index (χ4n) is 4.80. The Morgan fingerprint density at radius 1 is 1.17 bits per heavy atom. The van der Waals surface area contributed by atoms with Crippen molar-refractivity contribution in [2.45, 2.75) is 52.0 Å². The van der Waals surface area contributed by atoms with Crippen LogP contribution in [0.25, 0.3) is 11.0 Å². The summed E-state index contributed by atoms with van der Waals surface area (Å²) in [6.07, 6.45) is 5.70. The van der Waals surface area contributed by atoms with Gasteiger partial charge in [-0.2, -0.15) is 5.10 Å². The molecule has 188 valence electrons. The highest BCUT2D eigenvalue weighted by atomic mass is 16.2. The molecular formula is C26H38N8O. The van der Waals surface area contributed by atoms with Crippen molar-refractivity contribution in [1.29, 1.82) is 0 Å². The summed E-state index contributed by atoms with van der Waals surface area (Å²) in [6.45, 7) is 9.93. The van der Waals surface area contributed by atoms with Crippen LogP contribution in [0.4, 0.5) is 22.1 Å². The minimum atomic E-state index is -0.284. The highest BCUT2D eigenvalue weighted by molar-refractivity contribution is 5.99. The van der Waals surface area contributed by atoms with E-state index in [1.807, 2.05) is 42.1 Å². The lowest BCUT2D eigenvalue weighted by molar-refractivity contribution is 0.261. The van der Waals surface area contributed by atoms with Crippen LogP contribution in [-0.4, -0.2) is 43.9 Å². The largest absolute Gasteiger partial charge is 0.355 e. The first-order chi connectivity index (χ1) is 16.8. The number of fused-ring (bicyclic) bond motifs is 1. The van der Waals surface area contributed by atoms with Crippen LogP contribution in [0.5, 0.6) is 0 Å². The van der Waals surface area contributed by atoms with Gasteiger partial charge in [-0.25, -0.2) is 19.4 Å². The number of carbonyl (C=O) groups is 1. The summed E-state index contributed by atoms with van der Waals surface area (Å²) in [7, 11) is 0. The Kier molecular flexibility index (Phi) is 5.92. The van der Waals surface area contributed by atoms with Gasteiger partial charge in [-0.1, -0.05) is 12.1 Å². The predicted molar refractivity (Wildman–Crippen MR) is 145 cm³/mol. The maximum absolute atomic E-state index is 12.8. The number of rotatable bonds is 4. The smallest absolute Gasteiger partial charge is 0.324 e. The summed E-state index contributed by atoms with van der Waals surface area (Å²) in [5.74, 6) is 2.00. The van der Waals surface area contributed by atoms with E-state index < -0.39 is 0 Å².